The van der Waals surface area contributed by atoms with Gasteiger partial charge in [0.2, 0.25) is 5.91 Å². The first kappa shape index (κ1) is 12.8. The van der Waals surface area contributed by atoms with E-state index in [4.69, 9.17) is 0 Å². The summed E-state index contributed by atoms with van der Waals surface area (Å²) < 4.78 is 0.415. The van der Waals surface area contributed by atoms with E-state index in [0.29, 0.717) is 11.3 Å². The van der Waals surface area contributed by atoms with Crippen LogP contribution in [0.5, 0.6) is 0 Å². The average molecular weight is 230 g/mol. The van der Waals surface area contributed by atoms with Crippen molar-refractivity contribution in [1.82, 2.24) is 10.6 Å². The van der Waals surface area contributed by atoms with Crippen molar-refractivity contribution in [2.75, 3.05) is 19.3 Å². The van der Waals surface area contributed by atoms with Crippen LogP contribution in [0.3, 0.4) is 0 Å². The van der Waals surface area contributed by atoms with Crippen LogP contribution in [0, 0.1) is 0 Å². The third-order valence-corrected chi connectivity index (χ3v) is 4.30. The summed E-state index contributed by atoms with van der Waals surface area (Å²) >= 11 is 1.93. The van der Waals surface area contributed by atoms with Crippen molar-refractivity contribution in [1.29, 1.82) is 0 Å². The summed E-state index contributed by atoms with van der Waals surface area (Å²) in [7, 11) is 0. The second-order valence-electron chi connectivity index (χ2n) is 4.57. The highest BCUT2D eigenvalue weighted by Gasteiger charge is 2.35. The molecule has 0 aromatic heterocycles. The summed E-state index contributed by atoms with van der Waals surface area (Å²) in [5, 5.41) is 6.13. The topological polar surface area (TPSA) is 41.1 Å². The Morgan fingerprint density at radius 2 is 2.13 bits per heavy atom. The zero-order valence-corrected chi connectivity index (χ0v) is 10.7. The SMILES string of the molecule is CSC1(CNCC(=O)NC(C)C)CCC1. The van der Waals surface area contributed by atoms with Gasteiger partial charge in [0.15, 0.2) is 0 Å². The molecule has 0 aromatic carbocycles. The third kappa shape index (κ3) is 4.03. The van der Waals surface area contributed by atoms with Gasteiger partial charge >= 0.3 is 0 Å². The largest absolute Gasteiger partial charge is 0.353 e. The van der Waals surface area contributed by atoms with Gasteiger partial charge in [-0.25, -0.2) is 0 Å². The molecule has 1 amide bonds. The van der Waals surface area contributed by atoms with E-state index >= 15 is 0 Å². The van der Waals surface area contributed by atoms with Crippen molar-refractivity contribution in [2.45, 2.75) is 43.9 Å². The number of rotatable bonds is 6. The molecule has 1 rings (SSSR count). The van der Waals surface area contributed by atoms with E-state index in [-0.39, 0.29) is 11.9 Å². The molecule has 0 aromatic rings. The molecule has 1 fully saturated rings. The van der Waals surface area contributed by atoms with Crippen molar-refractivity contribution < 1.29 is 4.79 Å². The Hall–Kier alpha value is -0.220. The molecule has 3 nitrogen and oxygen atoms in total. The molecular formula is C11H22N2OS. The minimum atomic E-state index is 0.0978. The summed E-state index contributed by atoms with van der Waals surface area (Å²) in [6, 6.07) is 0.234. The van der Waals surface area contributed by atoms with E-state index in [0.717, 1.165) is 6.54 Å². The van der Waals surface area contributed by atoms with Gasteiger partial charge in [0.05, 0.1) is 6.54 Å². The molecule has 88 valence electrons. The van der Waals surface area contributed by atoms with Crippen LogP contribution in [-0.4, -0.2) is 36.0 Å². The molecule has 1 aliphatic carbocycles. The van der Waals surface area contributed by atoms with Gasteiger partial charge in [-0.15, -0.1) is 0 Å². The number of carbonyl (C=O) groups is 1. The van der Waals surface area contributed by atoms with Crippen molar-refractivity contribution in [3.63, 3.8) is 0 Å². The molecule has 0 unspecified atom stereocenters. The first-order valence-electron chi connectivity index (χ1n) is 5.63. The lowest BCUT2D eigenvalue weighted by Crippen LogP contribution is -2.46. The number of hydrogen-bond donors (Lipinski definition) is 2. The quantitative estimate of drug-likeness (QED) is 0.724. The van der Waals surface area contributed by atoms with Crippen LogP contribution in [0.4, 0.5) is 0 Å². The van der Waals surface area contributed by atoms with Gasteiger partial charge in [0.1, 0.15) is 0 Å². The van der Waals surface area contributed by atoms with Gasteiger partial charge in [0, 0.05) is 17.3 Å². The highest BCUT2D eigenvalue weighted by atomic mass is 32.2. The molecule has 2 N–H and O–H groups in total. The van der Waals surface area contributed by atoms with Gasteiger partial charge in [-0.2, -0.15) is 11.8 Å². The second-order valence-corrected chi connectivity index (χ2v) is 5.84. The fraction of sp³-hybridized carbons (Fsp3) is 0.909. The number of amides is 1. The number of thioether (sulfide) groups is 1. The molecule has 0 bridgehead atoms. The zero-order chi connectivity index (χ0) is 11.3. The van der Waals surface area contributed by atoms with Crippen molar-refractivity contribution in [3.05, 3.63) is 0 Å². The molecule has 0 aliphatic heterocycles. The van der Waals surface area contributed by atoms with Crippen LogP contribution in [-0.2, 0) is 4.79 Å². The lowest BCUT2D eigenvalue weighted by molar-refractivity contribution is -0.120. The minimum Gasteiger partial charge on any atom is -0.353 e. The molecule has 1 saturated carbocycles. The third-order valence-electron chi connectivity index (χ3n) is 2.88. The van der Waals surface area contributed by atoms with Crippen molar-refractivity contribution in [2.24, 2.45) is 0 Å². The van der Waals surface area contributed by atoms with Gasteiger partial charge in [-0.05, 0) is 32.9 Å². The van der Waals surface area contributed by atoms with Crippen LogP contribution < -0.4 is 10.6 Å². The van der Waals surface area contributed by atoms with Crippen LogP contribution in [0.2, 0.25) is 0 Å². The first-order chi connectivity index (χ1) is 7.08. The van der Waals surface area contributed by atoms with Crippen molar-refractivity contribution in [3.8, 4) is 0 Å². The Morgan fingerprint density at radius 3 is 2.53 bits per heavy atom. The molecular weight excluding hydrogens is 208 g/mol. The average Bonchev–Trinajstić information content (AvgIpc) is 2.08. The smallest absolute Gasteiger partial charge is 0.234 e. The standard InChI is InChI=1S/C11H22N2OS/c1-9(2)13-10(14)7-12-8-11(15-3)5-4-6-11/h9,12H,4-8H2,1-3H3,(H,13,14). The highest BCUT2D eigenvalue weighted by molar-refractivity contribution is 8.00. The van der Waals surface area contributed by atoms with E-state index in [9.17, 15) is 4.79 Å². The zero-order valence-electron chi connectivity index (χ0n) is 9.93. The lowest BCUT2D eigenvalue weighted by Gasteiger charge is -2.40. The maximum Gasteiger partial charge on any atom is 0.234 e. The predicted octanol–water partition coefficient (Wildman–Crippen LogP) is 1.39. The van der Waals surface area contributed by atoms with Crippen molar-refractivity contribution >= 4 is 17.7 Å². The van der Waals surface area contributed by atoms with E-state index < -0.39 is 0 Å². The summed E-state index contributed by atoms with van der Waals surface area (Å²) in [6.07, 6.45) is 6.07. The monoisotopic (exact) mass is 230 g/mol. The van der Waals surface area contributed by atoms with Crippen LogP contribution >= 0.6 is 11.8 Å². The van der Waals surface area contributed by atoms with E-state index in [1.165, 1.54) is 19.3 Å². The summed E-state index contributed by atoms with van der Waals surface area (Å²) in [5.41, 5.74) is 0. The summed E-state index contributed by atoms with van der Waals surface area (Å²) in [5.74, 6) is 0.0978. The molecule has 1 aliphatic rings. The Morgan fingerprint density at radius 1 is 1.47 bits per heavy atom. The second kappa shape index (κ2) is 5.75. The number of carbonyl (C=O) groups excluding carboxylic acids is 1. The van der Waals surface area contributed by atoms with E-state index in [2.05, 4.69) is 16.9 Å². The van der Waals surface area contributed by atoms with Crippen LogP contribution in [0.1, 0.15) is 33.1 Å². The molecule has 0 atom stereocenters. The minimum absolute atomic E-state index is 0.0978. The molecule has 0 spiro atoms. The Bertz CT molecular complexity index is 209. The predicted molar refractivity (Wildman–Crippen MR) is 66.2 cm³/mol. The number of hydrogen-bond acceptors (Lipinski definition) is 3. The maximum atomic E-state index is 11.4. The van der Waals surface area contributed by atoms with Crippen LogP contribution in [0.25, 0.3) is 0 Å². The van der Waals surface area contributed by atoms with Gasteiger partial charge in [0.25, 0.3) is 0 Å². The Kier molecular flexibility index (Phi) is 4.93. The summed E-state index contributed by atoms with van der Waals surface area (Å²) in [4.78, 5) is 11.4. The molecule has 15 heavy (non-hydrogen) atoms. The van der Waals surface area contributed by atoms with Gasteiger partial charge in [-0.3, -0.25) is 4.79 Å². The molecule has 0 saturated heterocycles. The normalized spacial score (nSPS) is 18.7. The van der Waals surface area contributed by atoms with Gasteiger partial charge in [-0.1, -0.05) is 6.42 Å². The molecule has 4 heteroatoms. The Balaban J connectivity index is 2.12. The fourth-order valence-corrected chi connectivity index (χ4v) is 2.74. The number of nitrogens with one attached hydrogen (secondary N) is 2. The van der Waals surface area contributed by atoms with Crippen LogP contribution in [0.15, 0.2) is 0 Å². The lowest BCUT2D eigenvalue weighted by atomic mass is 9.84. The molecule has 0 radical (unpaired) electrons. The Labute approximate surface area is 96.8 Å². The fourth-order valence-electron chi connectivity index (χ4n) is 1.80. The van der Waals surface area contributed by atoms with Gasteiger partial charge < -0.3 is 10.6 Å². The van der Waals surface area contributed by atoms with E-state index in [1.807, 2.05) is 25.6 Å². The first-order valence-corrected chi connectivity index (χ1v) is 6.86. The maximum absolute atomic E-state index is 11.4. The molecule has 0 heterocycles. The van der Waals surface area contributed by atoms with E-state index in [1.54, 1.807) is 0 Å². The highest BCUT2D eigenvalue weighted by Crippen LogP contribution is 2.41. The summed E-state index contributed by atoms with van der Waals surface area (Å²) in [6.45, 7) is 5.36.